The number of hydrogen-bond donors (Lipinski definition) is 4. The molecule has 6 nitrogen and oxygen atoms in total. The van der Waals surface area contributed by atoms with Crippen molar-refractivity contribution < 1.29 is 14.7 Å². The van der Waals surface area contributed by atoms with Crippen LogP contribution in [0.25, 0.3) is 11.1 Å². The molecular formula is C25H30ClN3O3. The summed E-state index contributed by atoms with van der Waals surface area (Å²) in [4.78, 5) is 20.6. The summed E-state index contributed by atoms with van der Waals surface area (Å²) in [5, 5.41) is 8.94. The normalized spacial score (nSPS) is 10.6. The van der Waals surface area contributed by atoms with Gasteiger partial charge in [0.05, 0.1) is 10.7 Å². The predicted octanol–water partition coefficient (Wildman–Crippen LogP) is 4.62. The molecule has 0 bridgehead atoms. The SMILES string of the molecule is NCCCC[C@H](N)C(=O)O.Nc1ccccc1Cl.O=Cc1ccc(-c2ccccc2)cc1. The minimum atomic E-state index is -0.933. The molecule has 0 saturated carbocycles. The van der Waals surface area contributed by atoms with Gasteiger partial charge in [-0.15, -0.1) is 0 Å². The lowest BCUT2D eigenvalue weighted by Gasteiger charge is -2.03. The van der Waals surface area contributed by atoms with E-state index in [0.717, 1.165) is 24.7 Å². The van der Waals surface area contributed by atoms with Crippen LogP contribution >= 0.6 is 11.6 Å². The molecule has 0 aliphatic carbocycles. The molecule has 0 radical (unpaired) electrons. The van der Waals surface area contributed by atoms with E-state index in [2.05, 4.69) is 12.1 Å². The van der Waals surface area contributed by atoms with E-state index >= 15 is 0 Å². The number of halogens is 1. The van der Waals surface area contributed by atoms with Crippen LogP contribution in [0, 0.1) is 0 Å². The van der Waals surface area contributed by atoms with Crippen LogP contribution in [-0.2, 0) is 4.79 Å². The molecule has 0 aliphatic heterocycles. The Balaban J connectivity index is 0.000000252. The molecule has 0 spiro atoms. The lowest BCUT2D eigenvalue weighted by molar-refractivity contribution is -0.138. The second-order valence-electron chi connectivity index (χ2n) is 6.86. The van der Waals surface area contributed by atoms with Crippen molar-refractivity contribution >= 4 is 29.5 Å². The summed E-state index contributed by atoms with van der Waals surface area (Å²) < 4.78 is 0. The first kappa shape index (κ1) is 26.8. The van der Waals surface area contributed by atoms with Gasteiger partial charge in [0, 0.05) is 5.56 Å². The summed E-state index contributed by atoms with van der Waals surface area (Å²) in [5.74, 6) is -0.933. The Hall–Kier alpha value is -3.19. The zero-order valence-corrected chi connectivity index (χ0v) is 18.6. The number of benzene rings is 3. The smallest absolute Gasteiger partial charge is 0.320 e. The molecule has 170 valence electrons. The number of anilines is 1. The molecule has 0 saturated heterocycles. The van der Waals surface area contributed by atoms with Crippen LogP contribution in [-0.4, -0.2) is 29.9 Å². The van der Waals surface area contributed by atoms with Crippen molar-refractivity contribution in [3.63, 3.8) is 0 Å². The van der Waals surface area contributed by atoms with Gasteiger partial charge in [0.25, 0.3) is 0 Å². The number of aliphatic carboxylic acids is 1. The van der Waals surface area contributed by atoms with E-state index in [-0.39, 0.29) is 0 Å². The third-order valence-corrected chi connectivity index (χ3v) is 4.69. The minimum absolute atomic E-state index is 0.520. The molecule has 0 aromatic heterocycles. The highest BCUT2D eigenvalue weighted by atomic mass is 35.5. The van der Waals surface area contributed by atoms with E-state index in [1.165, 1.54) is 5.56 Å². The molecule has 3 aromatic carbocycles. The summed E-state index contributed by atoms with van der Waals surface area (Å²) >= 11 is 5.58. The van der Waals surface area contributed by atoms with Crippen LogP contribution in [0.4, 0.5) is 5.69 Å². The monoisotopic (exact) mass is 455 g/mol. The summed E-state index contributed by atoms with van der Waals surface area (Å²) in [5.41, 5.74) is 19.5. The fraction of sp³-hybridized carbons (Fsp3) is 0.200. The maximum absolute atomic E-state index is 10.5. The first-order valence-corrected chi connectivity index (χ1v) is 10.6. The predicted molar refractivity (Wildman–Crippen MR) is 132 cm³/mol. The quantitative estimate of drug-likeness (QED) is 0.233. The number of carboxylic acids is 1. The maximum atomic E-state index is 10.5. The van der Waals surface area contributed by atoms with E-state index in [1.54, 1.807) is 12.1 Å². The van der Waals surface area contributed by atoms with Gasteiger partial charge < -0.3 is 22.3 Å². The topological polar surface area (TPSA) is 132 Å². The molecule has 0 fully saturated rings. The number of carbonyl (C=O) groups excluding carboxylic acids is 1. The summed E-state index contributed by atoms with van der Waals surface area (Å²) in [7, 11) is 0. The van der Waals surface area contributed by atoms with Gasteiger partial charge >= 0.3 is 5.97 Å². The molecule has 3 rings (SSSR count). The van der Waals surface area contributed by atoms with Crippen molar-refractivity contribution in [3.8, 4) is 11.1 Å². The number of rotatable bonds is 7. The second kappa shape index (κ2) is 15.6. The van der Waals surface area contributed by atoms with Crippen molar-refractivity contribution in [2.24, 2.45) is 11.5 Å². The van der Waals surface area contributed by atoms with E-state index in [4.69, 9.17) is 33.9 Å². The molecule has 3 aromatic rings. The van der Waals surface area contributed by atoms with Gasteiger partial charge in [0.2, 0.25) is 0 Å². The van der Waals surface area contributed by atoms with Crippen LogP contribution < -0.4 is 17.2 Å². The van der Waals surface area contributed by atoms with E-state index in [1.807, 2.05) is 54.6 Å². The summed E-state index contributed by atoms with van der Waals surface area (Å²) in [6, 6.07) is 24.2. The number of aldehydes is 1. The molecule has 32 heavy (non-hydrogen) atoms. The molecule has 0 aliphatic rings. The van der Waals surface area contributed by atoms with E-state index < -0.39 is 12.0 Å². The van der Waals surface area contributed by atoms with Gasteiger partial charge in [-0.25, -0.2) is 0 Å². The first-order valence-electron chi connectivity index (χ1n) is 10.2. The Morgan fingerprint density at radius 2 is 1.47 bits per heavy atom. The Labute approximate surface area is 194 Å². The van der Waals surface area contributed by atoms with Crippen molar-refractivity contribution in [3.05, 3.63) is 89.4 Å². The van der Waals surface area contributed by atoms with Crippen molar-refractivity contribution in [2.75, 3.05) is 12.3 Å². The van der Waals surface area contributed by atoms with E-state index in [0.29, 0.717) is 29.2 Å². The van der Waals surface area contributed by atoms with E-state index in [9.17, 15) is 9.59 Å². The maximum Gasteiger partial charge on any atom is 0.320 e. The number of hydrogen-bond acceptors (Lipinski definition) is 5. The number of carbonyl (C=O) groups is 2. The highest BCUT2D eigenvalue weighted by Gasteiger charge is 2.09. The number of nitrogens with two attached hydrogens (primary N) is 3. The first-order chi connectivity index (χ1) is 15.4. The van der Waals surface area contributed by atoms with Gasteiger partial charge in [-0.05, 0) is 42.6 Å². The Morgan fingerprint density at radius 1 is 0.906 bits per heavy atom. The highest BCUT2D eigenvalue weighted by Crippen LogP contribution is 2.18. The molecule has 0 heterocycles. The molecule has 0 unspecified atom stereocenters. The lowest BCUT2D eigenvalue weighted by atomic mass is 10.0. The van der Waals surface area contributed by atoms with Crippen LogP contribution in [0.1, 0.15) is 29.6 Å². The van der Waals surface area contributed by atoms with Crippen LogP contribution in [0.15, 0.2) is 78.9 Å². The number of unbranched alkanes of at least 4 members (excludes halogenated alkanes) is 1. The van der Waals surface area contributed by atoms with Crippen LogP contribution in [0.5, 0.6) is 0 Å². The largest absolute Gasteiger partial charge is 0.480 e. The minimum Gasteiger partial charge on any atom is -0.480 e. The average Bonchev–Trinajstić information content (AvgIpc) is 2.82. The molecule has 0 amide bonds. The average molecular weight is 456 g/mol. The van der Waals surface area contributed by atoms with Crippen LogP contribution in [0.2, 0.25) is 5.02 Å². The lowest BCUT2D eigenvalue weighted by Crippen LogP contribution is -2.29. The molecule has 1 atom stereocenters. The number of nitrogen functional groups attached to an aromatic ring is 1. The van der Waals surface area contributed by atoms with Gasteiger partial charge in [-0.2, -0.15) is 0 Å². The number of carboxylic acid groups (broad SMARTS) is 1. The Morgan fingerprint density at radius 3 is 1.94 bits per heavy atom. The van der Waals surface area contributed by atoms with Gasteiger partial charge in [0.1, 0.15) is 12.3 Å². The summed E-state index contributed by atoms with van der Waals surface area (Å²) in [6.07, 6.45) is 3.02. The third kappa shape index (κ3) is 10.7. The van der Waals surface area contributed by atoms with Crippen molar-refractivity contribution in [1.29, 1.82) is 0 Å². The zero-order chi connectivity index (χ0) is 23.8. The van der Waals surface area contributed by atoms with Crippen molar-refractivity contribution in [2.45, 2.75) is 25.3 Å². The second-order valence-corrected chi connectivity index (χ2v) is 7.26. The third-order valence-electron chi connectivity index (χ3n) is 4.35. The van der Waals surface area contributed by atoms with Gasteiger partial charge in [-0.1, -0.05) is 84.8 Å². The Kier molecular flexibility index (Phi) is 13.1. The molecular weight excluding hydrogens is 426 g/mol. The standard InChI is InChI=1S/C13H10O.C6H6ClN.C6H14N2O2/c14-10-11-6-8-13(9-7-11)12-4-2-1-3-5-12;7-5-3-1-2-4-6(5)8;7-4-2-1-3-5(8)6(9)10/h1-10H;1-4H,8H2;5H,1-4,7-8H2,(H,9,10)/t;;5-/m..0/s1. The Bertz CT molecular complexity index is 914. The molecule has 7 heteroatoms. The van der Waals surface area contributed by atoms with Gasteiger partial charge in [-0.3, -0.25) is 9.59 Å². The summed E-state index contributed by atoms with van der Waals surface area (Å²) in [6.45, 7) is 0.604. The van der Waals surface area contributed by atoms with Gasteiger partial charge in [0.15, 0.2) is 0 Å². The molecule has 7 N–H and O–H groups in total. The fourth-order valence-electron chi connectivity index (χ4n) is 2.49. The highest BCUT2D eigenvalue weighted by molar-refractivity contribution is 6.33. The van der Waals surface area contributed by atoms with Crippen molar-refractivity contribution in [1.82, 2.24) is 0 Å². The number of para-hydroxylation sites is 1. The van der Waals surface area contributed by atoms with Crippen LogP contribution in [0.3, 0.4) is 0 Å². The fourth-order valence-corrected chi connectivity index (χ4v) is 2.63. The zero-order valence-electron chi connectivity index (χ0n) is 17.9.